The van der Waals surface area contributed by atoms with Gasteiger partial charge >= 0.3 is 6.18 Å². The van der Waals surface area contributed by atoms with E-state index in [0.29, 0.717) is 22.5 Å². The van der Waals surface area contributed by atoms with Gasteiger partial charge in [-0.3, -0.25) is 9.59 Å². The summed E-state index contributed by atoms with van der Waals surface area (Å²) in [7, 11) is 0. The number of alkyl halides is 3. The molecule has 0 unspecified atom stereocenters. The summed E-state index contributed by atoms with van der Waals surface area (Å²) in [6.45, 7) is 3.71. The van der Waals surface area contributed by atoms with Crippen molar-refractivity contribution in [2.45, 2.75) is 39.9 Å². The Morgan fingerprint density at radius 2 is 1.86 bits per heavy atom. The van der Waals surface area contributed by atoms with Crippen LogP contribution in [0.1, 0.15) is 40.7 Å². The van der Waals surface area contributed by atoms with Crippen LogP contribution in [0.4, 0.5) is 19.0 Å². The number of carbonyl (C=O) groups excluding carboxylic acids is 2. The van der Waals surface area contributed by atoms with E-state index in [1.165, 1.54) is 12.1 Å². The highest BCUT2D eigenvalue weighted by molar-refractivity contribution is 5.96. The van der Waals surface area contributed by atoms with E-state index < -0.39 is 12.8 Å². The predicted octanol–water partition coefficient (Wildman–Crippen LogP) is 3.31. The molecule has 0 aliphatic carbocycles. The van der Waals surface area contributed by atoms with Crippen molar-refractivity contribution in [3.8, 4) is 5.88 Å². The first-order valence-corrected chi connectivity index (χ1v) is 8.80. The summed E-state index contributed by atoms with van der Waals surface area (Å²) in [6, 6.07) is 5.90. The molecule has 7 nitrogen and oxygen atoms in total. The van der Waals surface area contributed by atoms with Gasteiger partial charge in [0.1, 0.15) is 5.82 Å². The topological polar surface area (TPSA) is 93.2 Å². The van der Waals surface area contributed by atoms with Crippen molar-refractivity contribution in [2.75, 3.05) is 11.9 Å². The number of pyridine rings is 2. The van der Waals surface area contributed by atoms with E-state index >= 15 is 0 Å². The lowest BCUT2D eigenvalue weighted by atomic mass is 10.1. The molecule has 0 fully saturated rings. The molecule has 2 aromatic heterocycles. The Morgan fingerprint density at radius 1 is 1.14 bits per heavy atom. The van der Waals surface area contributed by atoms with Crippen molar-refractivity contribution >= 4 is 17.6 Å². The molecular formula is C19H21F3N4O3. The van der Waals surface area contributed by atoms with Crippen molar-refractivity contribution < 1.29 is 27.5 Å². The molecule has 0 aliphatic rings. The van der Waals surface area contributed by atoms with Gasteiger partial charge in [-0.25, -0.2) is 9.97 Å². The molecule has 29 heavy (non-hydrogen) atoms. The van der Waals surface area contributed by atoms with Crippen LogP contribution in [0, 0.1) is 13.8 Å². The summed E-state index contributed by atoms with van der Waals surface area (Å²) in [5.74, 6) is -0.467. The van der Waals surface area contributed by atoms with Gasteiger partial charge in [0.25, 0.3) is 5.91 Å². The van der Waals surface area contributed by atoms with E-state index in [-0.39, 0.29) is 36.5 Å². The number of hydrogen-bond donors (Lipinski definition) is 2. The zero-order chi connectivity index (χ0) is 21.6. The molecule has 2 N–H and O–H groups in total. The summed E-state index contributed by atoms with van der Waals surface area (Å²) in [5, 5.41) is 5.32. The lowest BCUT2D eigenvalue weighted by molar-refractivity contribution is -0.154. The molecule has 0 radical (unpaired) electrons. The van der Waals surface area contributed by atoms with Crippen LogP contribution in [-0.4, -0.2) is 34.6 Å². The van der Waals surface area contributed by atoms with Gasteiger partial charge in [-0.15, -0.1) is 0 Å². The van der Waals surface area contributed by atoms with Crippen LogP contribution in [0.5, 0.6) is 5.88 Å². The van der Waals surface area contributed by atoms with Crippen LogP contribution >= 0.6 is 0 Å². The standard InChI is InChI=1S/C19H21F3N4O3/c1-4-16(27)26-15-8-14(7-11(2)24-15)18(28)23-9-13-5-6-17(25-12(13)3)29-10-19(20,21)22/h5-8H,4,9-10H2,1-3H3,(H,23,28)(H,24,26,27). The Labute approximate surface area is 165 Å². The second-order valence-corrected chi connectivity index (χ2v) is 6.26. The second kappa shape index (κ2) is 9.35. The lowest BCUT2D eigenvalue weighted by Gasteiger charge is -2.12. The van der Waals surface area contributed by atoms with Gasteiger partial charge in [0.2, 0.25) is 11.8 Å². The molecule has 156 valence electrons. The molecule has 2 heterocycles. The fraction of sp³-hybridized carbons (Fsp3) is 0.368. The first kappa shape index (κ1) is 22.1. The number of aryl methyl sites for hydroxylation is 2. The van der Waals surface area contributed by atoms with Crippen molar-refractivity contribution in [3.05, 3.63) is 46.8 Å². The number of nitrogens with one attached hydrogen (secondary N) is 2. The highest BCUT2D eigenvalue weighted by atomic mass is 19.4. The van der Waals surface area contributed by atoms with Crippen LogP contribution in [0.2, 0.25) is 0 Å². The highest BCUT2D eigenvalue weighted by Crippen LogP contribution is 2.18. The Balaban J connectivity index is 2.02. The first-order chi connectivity index (χ1) is 13.6. The van der Waals surface area contributed by atoms with Gasteiger partial charge in [-0.1, -0.05) is 13.0 Å². The van der Waals surface area contributed by atoms with E-state index in [1.807, 2.05) is 0 Å². The lowest BCUT2D eigenvalue weighted by Crippen LogP contribution is -2.24. The van der Waals surface area contributed by atoms with Crippen molar-refractivity contribution in [2.24, 2.45) is 0 Å². The fourth-order valence-electron chi connectivity index (χ4n) is 2.36. The predicted molar refractivity (Wildman–Crippen MR) is 99.6 cm³/mol. The van der Waals surface area contributed by atoms with Gasteiger partial charge < -0.3 is 15.4 Å². The summed E-state index contributed by atoms with van der Waals surface area (Å²) < 4.78 is 41.2. The third-order valence-electron chi connectivity index (χ3n) is 3.80. The molecule has 0 spiro atoms. The number of halogens is 3. The maximum absolute atomic E-state index is 12.4. The summed E-state index contributed by atoms with van der Waals surface area (Å²) in [6.07, 6.45) is -4.16. The van der Waals surface area contributed by atoms with Crippen molar-refractivity contribution in [1.29, 1.82) is 0 Å². The smallest absolute Gasteiger partial charge is 0.422 e. The maximum atomic E-state index is 12.4. The van der Waals surface area contributed by atoms with Crippen LogP contribution in [-0.2, 0) is 11.3 Å². The molecule has 0 saturated heterocycles. The Kier molecular flexibility index (Phi) is 7.13. The van der Waals surface area contributed by atoms with Crippen LogP contribution in [0.25, 0.3) is 0 Å². The third kappa shape index (κ3) is 7.05. The molecule has 0 bridgehead atoms. The molecule has 0 saturated carbocycles. The quantitative estimate of drug-likeness (QED) is 0.731. The first-order valence-electron chi connectivity index (χ1n) is 8.80. The fourth-order valence-corrected chi connectivity index (χ4v) is 2.36. The van der Waals surface area contributed by atoms with Gasteiger partial charge in [-0.05, 0) is 31.5 Å². The van der Waals surface area contributed by atoms with Crippen LogP contribution in [0.15, 0.2) is 24.3 Å². The molecule has 0 aromatic carbocycles. The van der Waals surface area contributed by atoms with Crippen molar-refractivity contribution in [1.82, 2.24) is 15.3 Å². The number of nitrogens with zero attached hydrogens (tertiary/aromatic N) is 2. The van der Waals surface area contributed by atoms with Gasteiger partial charge in [-0.2, -0.15) is 13.2 Å². The Hall–Kier alpha value is -3.17. The molecule has 0 atom stereocenters. The second-order valence-electron chi connectivity index (χ2n) is 6.26. The molecule has 2 aromatic rings. The highest BCUT2D eigenvalue weighted by Gasteiger charge is 2.28. The molecule has 2 amide bonds. The normalized spacial score (nSPS) is 11.1. The zero-order valence-corrected chi connectivity index (χ0v) is 16.2. The van der Waals surface area contributed by atoms with Crippen molar-refractivity contribution in [3.63, 3.8) is 0 Å². The summed E-state index contributed by atoms with van der Waals surface area (Å²) in [4.78, 5) is 32.1. The Morgan fingerprint density at radius 3 is 2.48 bits per heavy atom. The number of amides is 2. The number of rotatable bonds is 7. The summed E-state index contributed by atoms with van der Waals surface area (Å²) in [5.41, 5.74) is 1.95. The SMILES string of the molecule is CCC(=O)Nc1cc(C(=O)NCc2ccc(OCC(F)(F)F)nc2C)cc(C)n1. The van der Waals surface area contributed by atoms with Gasteiger partial charge in [0.05, 0.1) is 0 Å². The van der Waals surface area contributed by atoms with Gasteiger partial charge in [0.15, 0.2) is 6.61 Å². The zero-order valence-electron chi connectivity index (χ0n) is 16.2. The minimum Gasteiger partial charge on any atom is -0.468 e. The van der Waals surface area contributed by atoms with Crippen LogP contribution in [0.3, 0.4) is 0 Å². The minimum absolute atomic E-state index is 0.120. The van der Waals surface area contributed by atoms with Gasteiger partial charge in [0, 0.05) is 36.0 Å². The third-order valence-corrected chi connectivity index (χ3v) is 3.80. The number of ether oxygens (including phenoxy) is 1. The average molecular weight is 410 g/mol. The van der Waals surface area contributed by atoms with E-state index in [1.54, 1.807) is 32.9 Å². The molecule has 10 heteroatoms. The number of aromatic nitrogens is 2. The average Bonchev–Trinajstić information content (AvgIpc) is 2.64. The number of carbonyl (C=O) groups is 2. The maximum Gasteiger partial charge on any atom is 0.422 e. The summed E-state index contributed by atoms with van der Waals surface area (Å²) >= 11 is 0. The van der Waals surface area contributed by atoms with E-state index in [4.69, 9.17) is 0 Å². The number of anilines is 1. The van der Waals surface area contributed by atoms with E-state index in [0.717, 1.165) is 0 Å². The van der Waals surface area contributed by atoms with E-state index in [9.17, 15) is 22.8 Å². The monoisotopic (exact) mass is 410 g/mol. The minimum atomic E-state index is -4.44. The van der Waals surface area contributed by atoms with E-state index in [2.05, 4.69) is 25.3 Å². The molecule has 0 aliphatic heterocycles. The molecule has 2 rings (SSSR count). The number of hydrogen-bond acceptors (Lipinski definition) is 5. The molecular weight excluding hydrogens is 389 g/mol. The van der Waals surface area contributed by atoms with Crippen LogP contribution < -0.4 is 15.4 Å². The Bertz CT molecular complexity index is 901. The largest absolute Gasteiger partial charge is 0.468 e.